The van der Waals surface area contributed by atoms with Crippen molar-refractivity contribution < 1.29 is 24.2 Å². The number of carbonyl (C=O) groups excluding carboxylic acids is 2. The fraction of sp³-hybridized carbons (Fsp3) is 0.600. The Morgan fingerprint density at radius 1 is 1.15 bits per heavy atom. The number of piperidine rings is 1. The molecule has 2 aliphatic rings. The Morgan fingerprint density at radius 2 is 1.96 bits per heavy atom. The molecule has 2 saturated heterocycles. The molecule has 2 fully saturated rings. The van der Waals surface area contributed by atoms with Crippen LogP contribution in [0.1, 0.15) is 29.6 Å². The van der Waals surface area contributed by atoms with E-state index in [2.05, 4.69) is 0 Å². The maximum Gasteiger partial charge on any atom is 0.260 e. The van der Waals surface area contributed by atoms with Gasteiger partial charge in [0.05, 0.1) is 13.2 Å². The number of aliphatic hydroxyl groups excluding tert-OH is 1. The topological polar surface area (TPSA) is 79.3 Å². The monoisotopic (exact) mass is 376 g/mol. The highest BCUT2D eigenvalue weighted by Gasteiger charge is 2.23. The SMILES string of the molecule is O=C(COc1cccc(C(=O)N2CCOC[C@H](CO)C2)c1)N1CCCCC1. The summed E-state index contributed by atoms with van der Waals surface area (Å²) in [5, 5.41) is 9.39. The molecule has 7 nitrogen and oxygen atoms in total. The molecule has 148 valence electrons. The van der Waals surface area contributed by atoms with Gasteiger partial charge in [-0.15, -0.1) is 0 Å². The largest absolute Gasteiger partial charge is 0.484 e. The number of carbonyl (C=O) groups is 2. The first-order valence-electron chi connectivity index (χ1n) is 9.66. The molecule has 0 spiro atoms. The highest BCUT2D eigenvalue weighted by atomic mass is 16.5. The molecule has 0 radical (unpaired) electrons. The Hall–Kier alpha value is -2.12. The van der Waals surface area contributed by atoms with E-state index in [0.717, 1.165) is 25.9 Å². The summed E-state index contributed by atoms with van der Waals surface area (Å²) in [5.41, 5.74) is 0.511. The van der Waals surface area contributed by atoms with Crippen LogP contribution in [-0.4, -0.2) is 79.3 Å². The van der Waals surface area contributed by atoms with Crippen molar-refractivity contribution in [3.05, 3.63) is 29.8 Å². The number of aliphatic hydroxyl groups is 1. The third-order valence-corrected chi connectivity index (χ3v) is 5.04. The molecule has 0 aliphatic carbocycles. The summed E-state index contributed by atoms with van der Waals surface area (Å²) in [6, 6.07) is 6.92. The van der Waals surface area contributed by atoms with Gasteiger partial charge in [0.25, 0.3) is 11.8 Å². The molecule has 2 amide bonds. The van der Waals surface area contributed by atoms with E-state index in [0.29, 0.717) is 37.6 Å². The zero-order valence-electron chi connectivity index (χ0n) is 15.6. The quantitative estimate of drug-likeness (QED) is 0.834. The van der Waals surface area contributed by atoms with E-state index in [1.54, 1.807) is 29.2 Å². The van der Waals surface area contributed by atoms with Gasteiger partial charge >= 0.3 is 0 Å². The van der Waals surface area contributed by atoms with Crippen LogP contribution in [0.3, 0.4) is 0 Å². The van der Waals surface area contributed by atoms with Crippen LogP contribution in [0.5, 0.6) is 5.75 Å². The molecule has 0 saturated carbocycles. The van der Waals surface area contributed by atoms with Gasteiger partial charge in [0.2, 0.25) is 0 Å². The fourth-order valence-electron chi connectivity index (χ4n) is 3.46. The first-order valence-corrected chi connectivity index (χ1v) is 9.66. The standard InChI is InChI=1S/C20H28N2O5/c23-13-16-12-22(9-10-26-14-16)20(25)17-5-4-6-18(11-17)27-15-19(24)21-7-2-1-3-8-21/h4-6,11,16,23H,1-3,7-10,12-15H2/t16-/m0/s1. The summed E-state index contributed by atoms with van der Waals surface area (Å²) in [5.74, 6) is 0.308. The maximum atomic E-state index is 12.8. The van der Waals surface area contributed by atoms with E-state index in [4.69, 9.17) is 9.47 Å². The van der Waals surface area contributed by atoms with E-state index in [1.165, 1.54) is 6.42 Å². The average Bonchev–Trinajstić information content (AvgIpc) is 2.98. The molecule has 1 N–H and O–H groups in total. The third-order valence-electron chi connectivity index (χ3n) is 5.04. The minimum Gasteiger partial charge on any atom is -0.484 e. The average molecular weight is 376 g/mol. The van der Waals surface area contributed by atoms with E-state index in [1.807, 2.05) is 4.90 Å². The van der Waals surface area contributed by atoms with Crippen LogP contribution < -0.4 is 4.74 Å². The molecular formula is C20H28N2O5. The van der Waals surface area contributed by atoms with Gasteiger partial charge in [-0.25, -0.2) is 0 Å². The molecule has 0 aromatic heterocycles. The summed E-state index contributed by atoms with van der Waals surface area (Å²) in [4.78, 5) is 28.6. The molecule has 0 unspecified atom stereocenters. The van der Waals surface area contributed by atoms with Crippen molar-refractivity contribution in [2.24, 2.45) is 5.92 Å². The van der Waals surface area contributed by atoms with Crippen LogP contribution in [0.4, 0.5) is 0 Å². The molecule has 2 heterocycles. The van der Waals surface area contributed by atoms with E-state index in [9.17, 15) is 14.7 Å². The minimum absolute atomic E-state index is 0.00839. The molecule has 1 atom stereocenters. The number of hydrogen-bond acceptors (Lipinski definition) is 5. The second-order valence-electron chi connectivity index (χ2n) is 7.13. The lowest BCUT2D eigenvalue weighted by molar-refractivity contribution is -0.134. The van der Waals surface area contributed by atoms with Gasteiger partial charge in [0.1, 0.15) is 5.75 Å². The normalized spacial score (nSPS) is 20.9. The van der Waals surface area contributed by atoms with Gasteiger partial charge in [0.15, 0.2) is 6.61 Å². The van der Waals surface area contributed by atoms with Crippen molar-refractivity contribution in [3.63, 3.8) is 0 Å². The highest BCUT2D eigenvalue weighted by molar-refractivity contribution is 5.94. The molecule has 1 aromatic rings. The summed E-state index contributed by atoms with van der Waals surface area (Å²) < 4.78 is 11.1. The number of ether oxygens (including phenoxy) is 2. The van der Waals surface area contributed by atoms with Gasteiger partial charge in [0, 0.05) is 44.3 Å². The van der Waals surface area contributed by atoms with Crippen molar-refractivity contribution in [1.82, 2.24) is 9.80 Å². The van der Waals surface area contributed by atoms with Crippen molar-refractivity contribution in [3.8, 4) is 5.75 Å². The Labute approximate surface area is 159 Å². The number of hydrogen-bond donors (Lipinski definition) is 1. The summed E-state index contributed by atoms with van der Waals surface area (Å²) >= 11 is 0. The van der Waals surface area contributed by atoms with Gasteiger partial charge in [-0.3, -0.25) is 9.59 Å². The Kier molecular flexibility index (Phi) is 7.06. The second kappa shape index (κ2) is 9.71. The van der Waals surface area contributed by atoms with Gasteiger partial charge < -0.3 is 24.4 Å². The van der Waals surface area contributed by atoms with Crippen LogP contribution in [0.25, 0.3) is 0 Å². The molecule has 1 aromatic carbocycles. The zero-order chi connectivity index (χ0) is 19.1. The number of nitrogens with zero attached hydrogens (tertiary/aromatic N) is 2. The van der Waals surface area contributed by atoms with Crippen LogP contribution >= 0.6 is 0 Å². The zero-order valence-corrected chi connectivity index (χ0v) is 15.6. The number of benzene rings is 1. The first-order chi connectivity index (χ1) is 13.2. The predicted octanol–water partition coefficient (Wildman–Crippen LogP) is 1.16. The lowest BCUT2D eigenvalue weighted by Crippen LogP contribution is -2.38. The Bertz CT molecular complexity index is 645. The smallest absolute Gasteiger partial charge is 0.260 e. The third kappa shape index (κ3) is 5.43. The Morgan fingerprint density at radius 3 is 2.74 bits per heavy atom. The van der Waals surface area contributed by atoms with E-state index >= 15 is 0 Å². The molecule has 2 aliphatic heterocycles. The minimum atomic E-state index is -0.119. The summed E-state index contributed by atoms with van der Waals surface area (Å²) in [6.45, 7) is 3.45. The summed E-state index contributed by atoms with van der Waals surface area (Å²) in [7, 11) is 0. The second-order valence-corrected chi connectivity index (χ2v) is 7.13. The van der Waals surface area contributed by atoms with Gasteiger partial charge in [-0.05, 0) is 37.5 Å². The van der Waals surface area contributed by atoms with Crippen LogP contribution in [0.2, 0.25) is 0 Å². The first kappa shape index (κ1) is 19.6. The van der Waals surface area contributed by atoms with Crippen LogP contribution in [0.15, 0.2) is 24.3 Å². The predicted molar refractivity (Wildman–Crippen MR) is 99.7 cm³/mol. The van der Waals surface area contributed by atoms with E-state index in [-0.39, 0.29) is 30.9 Å². The van der Waals surface area contributed by atoms with E-state index < -0.39 is 0 Å². The Balaban J connectivity index is 1.59. The molecular weight excluding hydrogens is 348 g/mol. The summed E-state index contributed by atoms with van der Waals surface area (Å²) in [6.07, 6.45) is 3.27. The fourth-order valence-corrected chi connectivity index (χ4v) is 3.46. The number of rotatable bonds is 5. The van der Waals surface area contributed by atoms with Crippen LogP contribution in [0, 0.1) is 5.92 Å². The lowest BCUT2D eigenvalue weighted by atomic mass is 10.1. The number of amides is 2. The van der Waals surface area contributed by atoms with Crippen molar-refractivity contribution in [1.29, 1.82) is 0 Å². The molecule has 0 bridgehead atoms. The van der Waals surface area contributed by atoms with Crippen LogP contribution in [-0.2, 0) is 9.53 Å². The number of likely N-dealkylation sites (tertiary alicyclic amines) is 1. The maximum absolute atomic E-state index is 12.8. The van der Waals surface area contributed by atoms with Crippen molar-refractivity contribution in [2.45, 2.75) is 19.3 Å². The molecule has 3 rings (SSSR count). The van der Waals surface area contributed by atoms with Crippen molar-refractivity contribution in [2.75, 3.05) is 52.6 Å². The van der Waals surface area contributed by atoms with Gasteiger partial charge in [-0.2, -0.15) is 0 Å². The van der Waals surface area contributed by atoms with Gasteiger partial charge in [-0.1, -0.05) is 6.07 Å². The lowest BCUT2D eigenvalue weighted by Gasteiger charge is -2.26. The molecule has 7 heteroatoms. The molecule has 27 heavy (non-hydrogen) atoms. The highest BCUT2D eigenvalue weighted by Crippen LogP contribution is 2.17. The van der Waals surface area contributed by atoms with Crippen molar-refractivity contribution >= 4 is 11.8 Å².